The van der Waals surface area contributed by atoms with Crippen molar-refractivity contribution in [1.82, 2.24) is 4.90 Å². The first-order valence-corrected chi connectivity index (χ1v) is 5.32. The molecule has 0 spiro atoms. The first-order valence-electron chi connectivity index (χ1n) is 5.32. The van der Waals surface area contributed by atoms with Gasteiger partial charge in [-0.25, -0.2) is 0 Å². The second-order valence-corrected chi connectivity index (χ2v) is 4.94. The summed E-state index contributed by atoms with van der Waals surface area (Å²) in [7, 11) is 0. The number of nitrogens with zero attached hydrogens (tertiary/aromatic N) is 1. The van der Waals surface area contributed by atoms with Crippen LogP contribution in [0.1, 0.15) is 40.5 Å². The number of ether oxygens (including phenoxy) is 1. The fourth-order valence-electron chi connectivity index (χ4n) is 1.79. The first kappa shape index (κ1) is 11.5. The molecule has 0 aliphatic carbocycles. The normalized spacial score (nSPS) is 19.9. The SMILES string of the molecule is CC(=O)N1CCC(OC(C)(C)C)CC1. The molecule has 0 aromatic heterocycles. The van der Waals surface area contributed by atoms with E-state index in [0.717, 1.165) is 25.9 Å². The summed E-state index contributed by atoms with van der Waals surface area (Å²) in [6.45, 7) is 9.54. The fraction of sp³-hybridized carbons (Fsp3) is 0.909. The number of hydrogen-bond donors (Lipinski definition) is 0. The van der Waals surface area contributed by atoms with Crippen LogP contribution in [-0.2, 0) is 9.53 Å². The van der Waals surface area contributed by atoms with Gasteiger partial charge in [0.15, 0.2) is 0 Å². The van der Waals surface area contributed by atoms with Crippen molar-refractivity contribution in [3.05, 3.63) is 0 Å². The van der Waals surface area contributed by atoms with Crippen molar-refractivity contribution in [2.75, 3.05) is 13.1 Å². The highest BCUT2D eigenvalue weighted by Crippen LogP contribution is 2.19. The van der Waals surface area contributed by atoms with Crippen molar-refractivity contribution in [1.29, 1.82) is 0 Å². The maximum atomic E-state index is 11.1. The summed E-state index contributed by atoms with van der Waals surface area (Å²) in [5.74, 6) is 0.180. The summed E-state index contributed by atoms with van der Waals surface area (Å²) < 4.78 is 5.87. The third-order valence-electron chi connectivity index (χ3n) is 2.41. The van der Waals surface area contributed by atoms with E-state index in [1.807, 2.05) is 4.90 Å². The average molecular weight is 199 g/mol. The molecule has 0 unspecified atom stereocenters. The largest absolute Gasteiger partial charge is 0.372 e. The third-order valence-corrected chi connectivity index (χ3v) is 2.41. The molecule has 0 N–H and O–H groups in total. The molecule has 3 heteroatoms. The molecule has 0 bridgehead atoms. The Morgan fingerprint density at radius 2 is 1.79 bits per heavy atom. The van der Waals surface area contributed by atoms with Crippen LogP contribution in [0.3, 0.4) is 0 Å². The second-order valence-electron chi connectivity index (χ2n) is 4.94. The summed E-state index contributed by atoms with van der Waals surface area (Å²) >= 11 is 0. The van der Waals surface area contributed by atoms with E-state index < -0.39 is 0 Å². The Labute approximate surface area is 86.4 Å². The minimum atomic E-state index is -0.0664. The van der Waals surface area contributed by atoms with E-state index in [1.165, 1.54) is 0 Å². The number of rotatable bonds is 1. The summed E-state index contributed by atoms with van der Waals surface area (Å²) in [5, 5.41) is 0. The van der Waals surface area contributed by atoms with Gasteiger partial charge in [-0.3, -0.25) is 4.79 Å². The van der Waals surface area contributed by atoms with Crippen molar-refractivity contribution in [3.63, 3.8) is 0 Å². The number of likely N-dealkylation sites (tertiary alicyclic amines) is 1. The molecule has 0 saturated carbocycles. The van der Waals surface area contributed by atoms with Gasteiger partial charge in [-0.2, -0.15) is 0 Å². The van der Waals surface area contributed by atoms with Crippen LogP contribution in [0, 0.1) is 0 Å². The van der Waals surface area contributed by atoms with Crippen molar-refractivity contribution >= 4 is 5.91 Å². The van der Waals surface area contributed by atoms with Crippen LogP contribution in [-0.4, -0.2) is 35.6 Å². The van der Waals surface area contributed by atoms with Crippen LogP contribution in [0.5, 0.6) is 0 Å². The highest BCUT2D eigenvalue weighted by atomic mass is 16.5. The van der Waals surface area contributed by atoms with Gasteiger partial charge in [0.25, 0.3) is 0 Å². The number of hydrogen-bond acceptors (Lipinski definition) is 2. The topological polar surface area (TPSA) is 29.5 Å². The zero-order valence-electron chi connectivity index (χ0n) is 9.67. The van der Waals surface area contributed by atoms with E-state index in [-0.39, 0.29) is 11.5 Å². The van der Waals surface area contributed by atoms with E-state index in [0.29, 0.717) is 6.10 Å². The van der Waals surface area contributed by atoms with Crippen molar-refractivity contribution in [3.8, 4) is 0 Å². The molecule has 1 aliphatic rings. The number of carbonyl (C=O) groups excluding carboxylic acids is 1. The molecular formula is C11H21NO2. The minimum absolute atomic E-state index is 0.0664. The van der Waals surface area contributed by atoms with Gasteiger partial charge in [-0.15, -0.1) is 0 Å². The van der Waals surface area contributed by atoms with E-state index in [4.69, 9.17) is 4.74 Å². The van der Waals surface area contributed by atoms with Crippen LogP contribution in [0.2, 0.25) is 0 Å². The Bertz CT molecular complexity index is 200. The molecule has 3 nitrogen and oxygen atoms in total. The summed E-state index contributed by atoms with van der Waals surface area (Å²) in [5.41, 5.74) is -0.0664. The van der Waals surface area contributed by atoms with Crippen LogP contribution in [0.25, 0.3) is 0 Å². The lowest BCUT2D eigenvalue weighted by molar-refractivity contribution is -0.133. The maximum Gasteiger partial charge on any atom is 0.219 e. The molecule has 0 radical (unpaired) electrons. The molecule has 1 rings (SSSR count). The Morgan fingerprint density at radius 3 is 2.14 bits per heavy atom. The minimum Gasteiger partial charge on any atom is -0.372 e. The summed E-state index contributed by atoms with van der Waals surface area (Å²) in [6, 6.07) is 0. The summed E-state index contributed by atoms with van der Waals surface area (Å²) in [6.07, 6.45) is 2.26. The Balaban J connectivity index is 2.33. The first-order chi connectivity index (χ1) is 6.38. The van der Waals surface area contributed by atoms with E-state index in [1.54, 1.807) is 6.92 Å². The van der Waals surface area contributed by atoms with Crippen molar-refractivity contribution in [2.24, 2.45) is 0 Å². The molecule has 1 fully saturated rings. The van der Waals surface area contributed by atoms with Gasteiger partial charge in [-0.05, 0) is 33.6 Å². The third kappa shape index (κ3) is 3.66. The van der Waals surface area contributed by atoms with Gasteiger partial charge in [0.1, 0.15) is 0 Å². The number of piperidine rings is 1. The lowest BCUT2D eigenvalue weighted by Gasteiger charge is -2.35. The number of carbonyl (C=O) groups is 1. The van der Waals surface area contributed by atoms with Gasteiger partial charge in [0.2, 0.25) is 5.91 Å². The van der Waals surface area contributed by atoms with Crippen molar-refractivity contribution < 1.29 is 9.53 Å². The Morgan fingerprint density at radius 1 is 1.29 bits per heavy atom. The molecule has 82 valence electrons. The molecule has 14 heavy (non-hydrogen) atoms. The van der Waals surface area contributed by atoms with Gasteiger partial charge in [0.05, 0.1) is 11.7 Å². The Kier molecular flexibility index (Phi) is 3.53. The average Bonchev–Trinajstić information content (AvgIpc) is 2.02. The van der Waals surface area contributed by atoms with Crippen LogP contribution >= 0.6 is 0 Å². The predicted molar refractivity (Wildman–Crippen MR) is 56.1 cm³/mol. The van der Waals surface area contributed by atoms with Crippen LogP contribution < -0.4 is 0 Å². The van der Waals surface area contributed by atoms with Gasteiger partial charge < -0.3 is 9.64 Å². The van der Waals surface area contributed by atoms with Crippen LogP contribution in [0.4, 0.5) is 0 Å². The molecular weight excluding hydrogens is 178 g/mol. The predicted octanol–water partition coefficient (Wildman–Crippen LogP) is 1.81. The van der Waals surface area contributed by atoms with Gasteiger partial charge >= 0.3 is 0 Å². The highest BCUT2D eigenvalue weighted by Gasteiger charge is 2.24. The molecule has 1 aliphatic heterocycles. The lowest BCUT2D eigenvalue weighted by Crippen LogP contribution is -2.41. The molecule has 1 heterocycles. The van der Waals surface area contributed by atoms with E-state index in [9.17, 15) is 4.79 Å². The zero-order valence-corrected chi connectivity index (χ0v) is 9.67. The van der Waals surface area contributed by atoms with Gasteiger partial charge in [0, 0.05) is 20.0 Å². The zero-order chi connectivity index (χ0) is 10.8. The standard InChI is InChI=1S/C11H21NO2/c1-9(13)12-7-5-10(6-8-12)14-11(2,3)4/h10H,5-8H2,1-4H3. The van der Waals surface area contributed by atoms with Crippen LogP contribution in [0.15, 0.2) is 0 Å². The second kappa shape index (κ2) is 4.30. The Hall–Kier alpha value is -0.570. The van der Waals surface area contributed by atoms with E-state index >= 15 is 0 Å². The highest BCUT2D eigenvalue weighted by molar-refractivity contribution is 5.73. The monoisotopic (exact) mass is 199 g/mol. The lowest BCUT2D eigenvalue weighted by atomic mass is 10.1. The maximum absolute atomic E-state index is 11.1. The smallest absolute Gasteiger partial charge is 0.219 e. The quantitative estimate of drug-likeness (QED) is 0.644. The molecule has 1 saturated heterocycles. The van der Waals surface area contributed by atoms with E-state index in [2.05, 4.69) is 20.8 Å². The molecule has 1 amide bonds. The molecule has 0 aromatic rings. The fourth-order valence-corrected chi connectivity index (χ4v) is 1.79. The summed E-state index contributed by atoms with van der Waals surface area (Å²) in [4.78, 5) is 13.0. The van der Waals surface area contributed by atoms with Gasteiger partial charge in [-0.1, -0.05) is 0 Å². The number of amides is 1. The van der Waals surface area contributed by atoms with Crippen molar-refractivity contribution in [2.45, 2.75) is 52.2 Å². The molecule has 0 atom stereocenters. The molecule has 0 aromatic carbocycles.